The third-order valence-corrected chi connectivity index (χ3v) is 4.01. The Balaban J connectivity index is 2.14. The average Bonchev–Trinajstić information content (AvgIpc) is 2.65. The van der Waals surface area contributed by atoms with Gasteiger partial charge in [0, 0.05) is 19.7 Å². The van der Waals surface area contributed by atoms with E-state index in [0.29, 0.717) is 17.7 Å². The molecule has 2 aromatic carbocycles. The molecule has 1 unspecified atom stereocenters. The van der Waals surface area contributed by atoms with E-state index in [0.717, 1.165) is 5.56 Å². The molecule has 0 saturated carbocycles. The summed E-state index contributed by atoms with van der Waals surface area (Å²) in [6, 6.07) is 16.7. The second-order valence-electron chi connectivity index (χ2n) is 5.61. The van der Waals surface area contributed by atoms with E-state index in [4.69, 9.17) is 0 Å². The highest BCUT2D eigenvalue weighted by Crippen LogP contribution is 2.28. The number of amides is 1. The van der Waals surface area contributed by atoms with Gasteiger partial charge in [-0.15, -0.1) is 0 Å². The maximum absolute atomic E-state index is 13.0. The normalized spacial score (nSPS) is 18.3. The van der Waals surface area contributed by atoms with Gasteiger partial charge in [-0.05, 0) is 11.6 Å². The Morgan fingerprint density at radius 2 is 1.50 bits per heavy atom. The Kier molecular flexibility index (Phi) is 3.77. The molecule has 2 aromatic rings. The predicted molar refractivity (Wildman–Crippen MR) is 84.7 cm³/mol. The molecule has 112 valence electrons. The van der Waals surface area contributed by atoms with E-state index in [1.54, 1.807) is 34.3 Å². The first-order valence-corrected chi connectivity index (χ1v) is 7.27. The standard InChI is InChI=1S/C18H18N2O2/c1-19(2)20-12-16(13-8-4-3-5-9-13)17(21)14-10-6-7-11-15(14)18(20)22/h3-11,16H,12H2,1-2H3. The molecule has 1 aliphatic heterocycles. The zero-order valence-electron chi connectivity index (χ0n) is 12.7. The highest BCUT2D eigenvalue weighted by atomic mass is 16.2. The summed E-state index contributed by atoms with van der Waals surface area (Å²) in [6.45, 7) is 0.351. The van der Waals surface area contributed by atoms with Crippen LogP contribution in [0, 0.1) is 0 Å². The number of benzene rings is 2. The smallest absolute Gasteiger partial charge is 0.268 e. The summed E-state index contributed by atoms with van der Waals surface area (Å²) < 4.78 is 0. The maximum atomic E-state index is 13.0. The quantitative estimate of drug-likeness (QED) is 0.855. The van der Waals surface area contributed by atoms with Gasteiger partial charge in [0.15, 0.2) is 5.78 Å². The fourth-order valence-corrected chi connectivity index (χ4v) is 2.84. The monoisotopic (exact) mass is 294 g/mol. The number of Topliss-reactive ketones (excluding diaryl/α,β-unsaturated/α-hetero) is 1. The van der Waals surface area contributed by atoms with Gasteiger partial charge < -0.3 is 0 Å². The topological polar surface area (TPSA) is 40.6 Å². The number of rotatable bonds is 2. The molecule has 1 atom stereocenters. The van der Waals surface area contributed by atoms with Gasteiger partial charge in [0.25, 0.3) is 5.91 Å². The highest BCUT2D eigenvalue weighted by Gasteiger charge is 2.35. The minimum atomic E-state index is -0.351. The van der Waals surface area contributed by atoms with Crippen molar-refractivity contribution in [3.63, 3.8) is 0 Å². The third-order valence-electron chi connectivity index (χ3n) is 4.01. The maximum Gasteiger partial charge on any atom is 0.268 e. The van der Waals surface area contributed by atoms with Gasteiger partial charge in [0.05, 0.1) is 18.0 Å². The lowest BCUT2D eigenvalue weighted by molar-refractivity contribution is 0.0187. The van der Waals surface area contributed by atoms with Crippen LogP contribution < -0.4 is 0 Å². The largest absolute Gasteiger partial charge is 0.293 e. The molecule has 0 radical (unpaired) electrons. The first kappa shape index (κ1) is 14.5. The molecule has 1 amide bonds. The van der Waals surface area contributed by atoms with Crippen LogP contribution in [0.3, 0.4) is 0 Å². The SMILES string of the molecule is CN(C)N1CC(c2ccccc2)C(=O)c2ccccc2C1=O. The number of carbonyl (C=O) groups is 2. The van der Waals surface area contributed by atoms with Crippen LogP contribution >= 0.6 is 0 Å². The molecule has 4 nitrogen and oxygen atoms in total. The number of carbonyl (C=O) groups excluding carboxylic acids is 2. The average molecular weight is 294 g/mol. The lowest BCUT2D eigenvalue weighted by Gasteiger charge is -2.29. The predicted octanol–water partition coefficient (Wildman–Crippen LogP) is 2.59. The van der Waals surface area contributed by atoms with Gasteiger partial charge in [-0.3, -0.25) is 14.6 Å². The number of nitrogens with zero attached hydrogens (tertiary/aromatic N) is 2. The summed E-state index contributed by atoms with van der Waals surface area (Å²) >= 11 is 0. The first-order valence-electron chi connectivity index (χ1n) is 7.27. The van der Waals surface area contributed by atoms with Crippen LogP contribution in [0.1, 0.15) is 32.2 Å². The minimum absolute atomic E-state index is 0.000463. The van der Waals surface area contributed by atoms with Gasteiger partial charge in [-0.1, -0.05) is 48.5 Å². The second-order valence-corrected chi connectivity index (χ2v) is 5.61. The second kappa shape index (κ2) is 5.73. The van der Waals surface area contributed by atoms with Crippen LogP contribution in [0.15, 0.2) is 54.6 Å². The molecular formula is C18H18N2O2. The van der Waals surface area contributed by atoms with Gasteiger partial charge in [-0.2, -0.15) is 0 Å². The molecule has 1 aliphatic rings. The van der Waals surface area contributed by atoms with Crippen molar-refractivity contribution in [2.75, 3.05) is 20.6 Å². The van der Waals surface area contributed by atoms with Gasteiger partial charge in [0.1, 0.15) is 0 Å². The first-order chi connectivity index (χ1) is 10.6. The summed E-state index contributed by atoms with van der Waals surface area (Å²) in [7, 11) is 3.64. The number of hydrogen-bond donors (Lipinski definition) is 0. The summed E-state index contributed by atoms with van der Waals surface area (Å²) in [6.07, 6.45) is 0. The fourth-order valence-electron chi connectivity index (χ4n) is 2.84. The van der Waals surface area contributed by atoms with Crippen molar-refractivity contribution < 1.29 is 9.59 Å². The van der Waals surface area contributed by atoms with Crippen molar-refractivity contribution in [3.05, 3.63) is 71.3 Å². The van der Waals surface area contributed by atoms with E-state index < -0.39 is 0 Å². The minimum Gasteiger partial charge on any atom is -0.293 e. The van der Waals surface area contributed by atoms with Crippen molar-refractivity contribution in [2.24, 2.45) is 0 Å². The summed E-state index contributed by atoms with van der Waals surface area (Å²) in [4.78, 5) is 25.7. The van der Waals surface area contributed by atoms with E-state index in [9.17, 15) is 9.59 Å². The molecule has 0 fully saturated rings. The Hall–Kier alpha value is -2.46. The lowest BCUT2D eigenvalue weighted by Crippen LogP contribution is -2.43. The molecule has 3 rings (SSSR count). The third kappa shape index (κ3) is 2.42. The Labute approximate surface area is 129 Å². The van der Waals surface area contributed by atoms with Crippen molar-refractivity contribution in [2.45, 2.75) is 5.92 Å². The van der Waals surface area contributed by atoms with Crippen LogP contribution in [0.2, 0.25) is 0 Å². The molecule has 0 aliphatic carbocycles. The Morgan fingerprint density at radius 3 is 2.14 bits per heavy atom. The van der Waals surface area contributed by atoms with Crippen LogP contribution in [0.4, 0.5) is 0 Å². The van der Waals surface area contributed by atoms with Crippen molar-refractivity contribution in [1.29, 1.82) is 0 Å². The van der Waals surface area contributed by atoms with Crippen LogP contribution in [0.25, 0.3) is 0 Å². The van der Waals surface area contributed by atoms with E-state index in [-0.39, 0.29) is 17.6 Å². The van der Waals surface area contributed by atoms with Crippen LogP contribution in [-0.4, -0.2) is 42.3 Å². The lowest BCUT2D eigenvalue weighted by atomic mass is 9.90. The molecular weight excluding hydrogens is 276 g/mol. The summed E-state index contributed by atoms with van der Waals surface area (Å²) in [5.41, 5.74) is 1.91. The van der Waals surface area contributed by atoms with Crippen molar-refractivity contribution in [1.82, 2.24) is 10.0 Å². The number of hydrazine groups is 1. The van der Waals surface area contributed by atoms with E-state index in [1.165, 1.54) is 0 Å². The molecule has 0 spiro atoms. The zero-order chi connectivity index (χ0) is 15.7. The highest BCUT2D eigenvalue weighted by molar-refractivity contribution is 6.12. The van der Waals surface area contributed by atoms with Crippen LogP contribution in [0.5, 0.6) is 0 Å². The van der Waals surface area contributed by atoms with E-state index in [1.807, 2.05) is 44.4 Å². The fraction of sp³-hybridized carbons (Fsp3) is 0.222. The van der Waals surface area contributed by atoms with Gasteiger partial charge in [-0.25, -0.2) is 5.01 Å². The van der Waals surface area contributed by atoms with E-state index in [2.05, 4.69) is 0 Å². The van der Waals surface area contributed by atoms with Crippen molar-refractivity contribution in [3.8, 4) is 0 Å². The Bertz CT molecular complexity index is 710. The van der Waals surface area contributed by atoms with Gasteiger partial charge in [0.2, 0.25) is 0 Å². The molecule has 0 aromatic heterocycles. The number of fused-ring (bicyclic) bond motifs is 1. The molecule has 0 N–H and O–H groups in total. The molecule has 0 bridgehead atoms. The van der Waals surface area contributed by atoms with E-state index >= 15 is 0 Å². The summed E-state index contributed by atoms with van der Waals surface area (Å²) in [5.74, 6) is -0.483. The number of hydrogen-bond acceptors (Lipinski definition) is 3. The molecule has 0 saturated heterocycles. The molecule has 1 heterocycles. The molecule has 22 heavy (non-hydrogen) atoms. The Morgan fingerprint density at radius 1 is 0.909 bits per heavy atom. The van der Waals surface area contributed by atoms with Crippen molar-refractivity contribution >= 4 is 11.7 Å². The van der Waals surface area contributed by atoms with Gasteiger partial charge >= 0.3 is 0 Å². The summed E-state index contributed by atoms with van der Waals surface area (Å²) in [5, 5.41) is 3.37. The molecule has 4 heteroatoms. The zero-order valence-corrected chi connectivity index (χ0v) is 12.7. The number of ketones is 1. The van der Waals surface area contributed by atoms with Crippen LogP contribution in [-0.2, 0) is 0 Å².